The molecule has 0 bridgehead atoms. The van der Waals surface area contributed by atoms with Gasteiger partial charge in [-0.2, -0.15) is 0 Å². The number of aromatic nitrogens is 1. The van der Waals surface area contributed by atoms with E-state index in [0.29, 0.717) is 0 Å². The van der Waals surface area contributed by atoms with Crippen LogP contribution >= 0.6 is 35.3 Å². The summed E-state index contributed by atoms with van der Waals surface area (Å²) in [6.07, 6.45) is 8.37. The predicted molar refractivity (Wildman–Crippen MR) is 115 cm³/mol. The lowest BCUT2D eigenvalue weighted by atomic mass is 10.0. The molecule has 0 radical (unpaired) electrons. The summed E-state index contributed by atoms with van der Waals surface area (Å²) >= 11 is 1.77. The van der Waals surface area contributed by atoms with E-state index in [1.807, 2.05) is 13.2 Å². The van der Waals surface area contributed by atoms with Crippen molar-refractivity contribution in [1.29, 1.82) is 0 Å². The van der Waals surface area contributed by atoms with E-state index in [1.54, 1.807) is 11.3 Å². The van der Waals surface area contributed by atoms with E-state index >= 15 is 0 Å². The van der Waals surface area contributed by atoms with E-state index in [-0.39, 0.29) is 24.0 Å². The molecule has 2 rings (SSSR count). The van der Waals surface area contributed by atoms with Crippen LogP contribution in [0.4, 0.5) is 0 Å². The summed E-state index contributed by atoms with van der Waals surface area (Å²) in [7, 11) is 1.82. The maximum absolute atomic E-state index is 4.43. The first-order valence-corrected chi connectivity index (χ1v) is 9.70. The molecule has 24 heavy (non-hydrogen) atoms. The SMILES string of the molecule is CCc1cnc(CNC(=NC)NCCN2CCCCC2CC)s1.I. The molecule has 7 heteroatoms. The molecule has 0 saturated carbocycles. The van der Waals surface area contributed by atoms with Gasteiger partial charge in [0.2, 0.25) is 0 Å². The lowest BCUT2D eigenvalue weighted by Crippen LogP contribution is -2.45. The van der Waals surface area contributed by atoms with E-state index < -0.39 is 0 Å². The number of aliphatic imine (C=N–C) groups is 1. The maximum atomic E-state index is 4.43. The lowest BCUT2D eigenvalue weighted by molar-refractivity contribution is 0.147. The van der Waals surface area contributed by atoms with Gasteiger partial charge in [-0.1, -0.05) is 20.3 Å². The van der Waals surface area contributed by atoms with Crippen LogP contribution < -0.4 is 10.6 Å². The Morgan fingerprint density at radius 3 is 2.88 bits per heavy atom. The van der Waals surface area contributed by atoms with Crippen LogP contribution in [0.2, 0.25) is 0 Å². The van der Waals surface area contributed by atoms with Crippen molar-refractivity contribution in [3.05, 3.63) is 16.1 Å². The van der Waals surface area contributed by atoms with Crippen LogP contribution in [0.15, 0.2) is 11.2 Å². The number of guanidine groups is 1. The van der Waals surface area contributed by atoms with Crippen molar-refractivity contribution in [3.8, 4) is 0 Å². The van der Waals surface area contributed by atoms with E-state index in [4.69, 9.17) is 0 Å². The molecule has 1 atom stereocenters. The zero-order chi connectivity index (χ0) is 16.5. The third kappa shape index (κ3) is 6.84. The zero-order valence-electron chi connectivity index (χ0n) is 15.2. The van der Waals surface area contributed by atoms with Gasteiger partial charge in [0.1, 0.15) is 5.01 Å². The first-order chi connectivity index (χ1) is 11.3. The number of nitrogens with zero attached hydrogens (tertiary/aromatic N) is 3. The molecule has 0 spiro atoms. The highest BCUT2D eigenvalue weighted by Crippen LogP contribution is 2.18. The molecule has 2 N–H and O–H groups in total. The van der Waals surface area contributed by atoms with Crippen molar-refractivity contribution in [2.24, 2.45) is 4.99 Å². The number of aryl methyl sites for hydroxylation is 1. The molecule has 1 aliphatic rings. The molecule has 0 aliphatic carbocycles. The second-order valence-electron chi connectivity index (χ2n) is 6.02. The third-order valence-electron chi connectivity index (χ3n) is 4.49. The van der Waals surface area contributed by atoms with Crippen molar-refractivity contribution in [1.82, 2.24) is 20.5 Å². The van der Waals surface area contributed by atoms with Crippen molar-refractivity contribution < 1.29 is 0 Å². The number of rotatable bonds is 7. The van der Waals surface area contributed by atoms with Gasteiger partial charge in [0, 0.05) is 37.3 Å². The summed E-state index contributed by atoms with van der Waals surface area (Å²) in [5, 5.41) is 7.90. The average Bonchev–Trinajstić information content (AvgIpc) is 3.06. The largest absolute Gasteiger partial charge is 0.355 e. The molecule has 1 aromatic rings. The van der Waals surface area contributed by atoms with Crippen LogP contribution in [0, 0.1) is 0 Å². The molecule has 2 heterocycles. The van der Waals surface area contributed by atoms with E-state index in [1.165, 1.54) is 37.1 Å². The first kappa shape index (κ1) is 21.6. The normalized spacial score (nSPS) is 19.0. The molecule has 138 valence electrons. The summed E-state index contributed by atoms with van der Waals surface area (Å²) in [5.41, 5.74) is 0. The first-order valence-electron chi connectivity index (χ1n) is 8.89. The Balaban J connectivity index is 0.00000288. The Bertz CT molecular complexity index is 491. The topological polar surface area (TPSA) is 52.6 Å². The highest BCUT2D eigenvalue weighted by Gasteiger charge is 2.19. The van der Waals surface area contributed by atoms with Gasteiger partial charge in [-0.25, -0.2) is 4.98 Å². The summed E-state index contributed by atoms with van der Waals surface area (Å²) in [6.45, 7) is 8.48. The Morgan fingerprint density at radius 2 is 2.21 bits per heavy atom. The fourth-order valence-corrected chi connectivity index (χ4v) is 3.91. The van der Waals surface area contributed by atoms with Crippen LogP contribution in [0.25, 0.3) is 0 Å². The second-order valence-corrected chi connectivity index (χ2v) is 7.22. The monoisotopic (exact) mass is 465 g/mol. The minimum atomic E-state index is 0. The maximum Gasteiger partial charge on any atom is 0.191 e. The van der Waals surface area contributed by atoms with Crippen molar-refractivity contribution in [3.63, 3.8) is 0 Å². The van der Waals surface area contributed by atoms with Crippen molar-refractivity contribution in [2.45, 2.75) is 58.5 Å². The summed E-state index contributed by atoms with van der Waals surface area (Å²) in [6, 6.07) is 0.767. The fourth-order valence-electron chi connectivity index (χ4n) is 3.11. The number of halogens is 1. The van der Waals surface area contributed by atoms with Crippen LogP contribution in [-0.2, 0) is 13.0 Å². The molecular weight excluding hydrogens is 433 g/mol. The quantitative estimate of drug-likeness (QED) is 0.369. The van der Waals surface area contributed by atoms with Gasteiger partial charge in [-0.3, -0.25) is 9.89 Å². The minimum absolute atomic E-state index is 0. The highest BCUT2D eigenvalue weighted by atomic mass is 127. The van der Waals surface area contributed by atoms with Gasteiger partial charge in [-0.05, 0) is 32.2 Å². The fraction of sp³-hybridized carbons (Fsp3) is 0.765. The Morgan fingerprint density at radius 1 is 1.38 bits per heavy atom. The molecule has 1 unspecified atom stereocenters. The van der Waals surface area contributed by atoms with Crippen LogP contribution in [-0.4, -0.2) is 48.6 Å². The minimum Gasteiger partial charge on any atom is -0.355 e. The van der Waals surface area contributed by atoms with Gasteiger partial charge in [0.05, 0.1) is 6.54 Å². The van der Waals surface area contributed by atoms with E-state index in [9.17, 15) is 0 Å². The van der Waals surface area contributed by atoms with Gasteiger partial charge in [0.15, 0.2) is 5.96 Å². The second kappa shape index (κ2) is 12.0. The van der Waals surface area contributed by atoms with Gasteiger partial charge in [-0.15, -0.1) is 35.3 Å². The number of hydrogen-bond donors (Lipinski definition) is 2. The Kier molecular flexibility index (Phi) is 10.8. The number of nitrogens with one attached hydrogen (secondary N) is 2. The summed E-state index contributed by atoms with van der Waals surface area (Å²) in [5.74, 6) is 0.864. The molecule has 0 amide bonds. The summed E-state index contributed by atoms with van der Waals surface area (Å²) < 4.78 is 0. The molecule has 0 aromatic carbocycles. The van der Waals surface area contributed by atoms with Crippen LogP contribution in [0.3, 0.4) is 0 Å². The van der Waals surface area contributed by atoms with E-state index in [2.05, 4.69) is 39.4 Å². The van der Waals surface area contributed by atoms with E-state index in [0.717, 1.165) is 43.1 Å². The molecule has 1 fully saturated rings. The molecular formula is C17H32IN5S. The smallest absolute Gasteiger partial charge is 0.191 e. The Hall–Kier alpha value is -0.410. The Labute approximate surface area is 167 Å². The van der Waals surface area contributed by atoms with Crippen molar-refractivity contribution in [2.75, 3.05) is 26.7 Å². The third-order valence-corrected chi connectivity index (χ3v) is 5.63. The van der Waals surface area contributed by atoms with Crippen LogP contribution in [0.1, 0.15) is 49.4 Å². The number of thiazole rings is 1. The highest BCUT2D eigenvalue weighted by molar-refractivity contribution is 14.0. The van der Waals surface area contributed by atoms with Crippen LogP contribution in [0.5, 0.6) is 0 Å². The number of piperidine rings is 1. The average molecular weight is 465 g/mol. The van der Waals surface area contributed by atoms with Crippen molar-refractivity contribution >= 4 is 41.3 Å². The number of hydrogen-bond acceptors (Lipinski definition) is 4. The zero-order valence-corrected chi connectivity index (χ0v) is 18.3. The predicted octanol–water partition coefficient (Wildman–Crippen LogP) is 3.25. The molecule has 1 aromatic heterocycles. The number of likely N-dealkylation sites (tertiary alicyclic amines) is 1. The summed E-state index contributed by atoms with van der Waals surface area (Å²) in [4.78, 5) is 12.7. The molecule has 1 saturated heterocycles. The van der Waals surface area contributed by atoms with Gasteiger partial charge < -0.3 is 10.6 Å². The molecule has 5 nitrogen and oxygen atoms in total. The lowest BCUT2D eigenvalue weighted by Gasteiger charge is -2.35. The molecule has 1 aliphatic heterocycles. The van der Waals surface area contributed by atoms with Gasteiger partial charge in [0.25, 0.3) is 0 Å². The standard InChI is InChI=1S/C17H31N5S.HI/c1-4-14-8-6-7-10-22(14)11-9-19-17(18-3)21-13-16-20-12-15(5-2)23-16;/h12,14H,4-11,13H2,1-3H3,(H2,18,19,21);1H. The van der Waals surface area contributed by atoms with Gasteiger partial charge >= 0.3 is 0 Å².